The van der Waals surface area contributed by atoms with Gasteiger partial charge in [0, 0.05) is 53.0 Å². The minimum absolute atomic E-state index is 0.138. The molecular formula is C28H21N5OS. The van der Waals surface area contributed by atoms with Gasteiger partial charge < -0.3 is 10.3 Å². The number of fused-ring (bicyclic) bond motifs is 2. The molecule has 1 unspecified atom stereocenters. The highest BCUT2D eigenvalue weighted by atomic mass is 32.1. The smallest absolute Gasteiger partial charge is 0.247 e. The Morgan fingerprint density at radius 2 is 1.89 bits per heavy atom. The SMILES string of the molecule is Cc1csc2ccc(-c3cc(NC(c4cccnc4)c4ccc(=O)[nH]c4)cc4nccnc34)cc12. The quantitative estimate of drug-likeness (QED) is 0.315. The monoisotopic (exact) mass is 475 g/mol. The van der Waals surface area contributed by atoms with E-state index in [1.54, 1.807) is 36.1 Å². The van der Waals surface area contributed by atoms with E-state index in [1.165, 1.54) is 21.7 Å². The van der Waals surface area contributed by atoms with Crippen LogP contribution in [0, 0.1) is 6.92 Å². The predicted molar refractivity (Wildman–Crippen MR) is 142 cm³/mol. The molecule has 7 heteroatoms. The van der Waals surface area contributed by atoms with E-state index in [1.807, 2.05) is 30.5 Å². The Morgan fingerprint density at radius 3 is 2.71 bits per heavy atom. The van der Waals surface area contributed by atoms with Crippen LogP contribution in [0.2, 0.25) is 0 Å². The van der Waals surface area contributed by atoms with Gasteiger partial charge in [-0.1, -0.05) is 12.1 Å². The maximum Gasteiger partial charge on any atom is 0.247 e. The van der Waals surface area contributed by atoms with Crippen LogP contribution in [0.1, 0.15) is 22.7 Å². The Hall–Kier alpha value is -4.36. The van der Waals surface area contributed by atoms with Gasteiger partial charge in [-0.05, 0) is 76.3 Å². The van der Waals surface area contributed by atoms with Crippen LogP contribution in [0.15, 0.2) is 95.8 Å². The Labute approximate surface area is 205 Å². The number of pyridine rings is 2. The number of aryl methyl sites for hydroxylation is 1. The average Bonchev–Trinajstić information content (AvgIpc) is 3.28. The molecule has 1 atom stereocenters. The van der Waals surface area contributed by atoms with Crippen LogP contribution in [0.3, 0.4) is 0 Å². The minimum atomic E-state index is -0.218. The number of anilines is 1. The van der Waals surface area contributed by atoms with Crippen molar-refractivity contribution >= 4 is 38.1 Å². The maximum absolute atomic E-state index is 11.7. The number of H-pyrrole nitrogens is 1. The van der Waals surface area contributed by atoms with Crippen LogP contribution >= 0.6 is 11.3 Å². The molecule has 0 saturated heterocycles. The molecule has 0 aliphatic carbocycles. The lowest BCUT2D eigenvalue weighted by Gasteiger charge is -2.21. The molecule has 0 radical (unpaired) electrons. The standard InChI is InChI=1S/C28H21N5OS/c1-17-16-35-25-6-4-18(11-22(17)25)23-12-21(13-24-28(23)31-10-9-30-24)33-27(19-3-2-8-29-14-19)20-5-7-26(34)32-15-20/h2-16,27,33H,1H3,(H,32,34). The number of aromatic nitrogens is 4. The number of nitrogens with zero attached hydrogens (tertiary/aromatic N) is 3. The van der Waals surface area contributed by atoms with Crippen molar-refractivity contribution in [2.24, 2.45) is 0 Å². The molecule has 0 amide bonds. The van der Waals surface area contributed by atoms with E-state index in [9.17, 15) is 4.79 Å². The molecule has 0 bridgehead atoms. The topological polar surface area (TPSA) is 83.6 Å². The molecule has 35 heavy (non-hydrogen) atoms. The van der Waals surface area contributed by atoms with Gasteiger partial charge in [-0.15, -0.1) is 11.3 Å². The highest BCUT2D eigenvalue weighted by Crippen LogP contribution is 2.36. The molecule has 0 aliphatic rings. The number of hydrogen-bond donors (Lipinski definition) is 2. The predicted octanol–water partition coefficient (Wildman–Crippen LogP) is 6.10. The first kappa shape index (κ1) is 21.2. The van der Waals surface area contributed by atoms with Crippen molar-refractivity contribution in [3.05, 3.63) is 118 Å². The first-order valence-corrected chi connectivity index (χ1v) is 12.1. The van der Waals surface area contributed by atoms with Gasteiger partial charge in [0.1, 0.15) is 0 Å². The lowest BCUT2D eigenvalue weighted by atomic mass is 9.98. The third-order valence-electron chi connectivity index (χ3n) is 6.12. The second kappa shape index (κ2) is 8.77. The van der Waals surface area contributed by atoms with E-state index in [0.717, 1.165) is 39.0 Å². The molecular weight excluding hydrogens is 454 g/mol. The molecule has 6 aromatic rings. The summed E-state index contributed by atoms with van der Waals surface area (Å²) in [5, 5.41) is 7.09. The van der Waals surface area contributed by atoms with Crippen molar-refractivity contribution in [1.82, 2.24) is 19.9 Å². The summed E-state index contributed by atoms with van der Waals surface area (Å²) in [6.45, 7) is 2.14. The van der Waals surface area contributed by atoms with E-state index < -0.39 is 0 Å². The Balaban J connectivity index is 1.50. The summed E-state index contributed by atoms with van der Waals surface area (Å²) in [4.78, 5) is 28.0. The van der Waals surface area contributed by atoms with Gasteiger partial charge in [-0.2, -0.15) is 0 Å². The van der Waals surface area contributed by atoms with Gasteiger partial charge in [-0.3, -0.25) is 19.7 Å². The van der Waals surface area contributed by atoms with Crippen molar-refractivity contribution in [1.29, 1.82) is 0 Å². The summed E-state index contributed by atoms with van der Waals surface area (Å²) in [5.41, 5.74) is 7.70. The highest BCUT2D eigenvalue weighted by Gasteiger charge is 2.17. The molecule has 6 rings (SSSR count). The second-order valence-corrected chi connectivity index (χ2v) is 9.34. The minimum Gasteiger partial charge on any atom is -0.374 e. The van der Waals surface area contributed by atoms with Crippen LogP contribution in [-0.4, -0.2) is 19.9 Å². The maximum atomic E-state index is 11.7. The fourth-order valence-corrected chi connectivity index (χ4v) is 5.30. The van der Waals surface area contributed by atoms with Crippen molar-refractivity contribution in [3.8, 4) is 11.1 Å². The van der Waals surface area contributed by atoms with Gasteiger partial charge in [0.15, 0.2) is 0 Å². The van der Waals surface area contributed by atoms with E-state index in [0.29, 0.717) is 0 Å². The molecule has 0 spiro atoms. The van der Waals surface area contributed by atoms with Crippen LogP contribution in [0.5, 0.6) is 0 Å². The largest absolute Gasteiger partial charge is 0.374 e. The first-order valence-electron chi connectivity index (χ1n) is 11.2. The van der Waals surface area contributed by atoms with Gasteiger partial charge >= 0.3 is 0 Å². The third-order valence-corrected chi connectivity index (χ3v) is 7.20. The molecule has 6 nitrogen and oxygen atoms in total. The molecule has 0 saturated carbocycles. The lowest BCUT2D eigenvalue weighted by Crippen LogP contribution is -2.15. The van der Waals surface area contributed by atoms with Crippen LogP contribution in [0.4, 0.5) is 5.69 Å². The molecule has 0 fully saturated rings. The summed E-state index contributed by atoms with van der Waals surface area (Å²) in [7, 11) is 0. The summed E-state index contributed by atoms with van der Waals surface area (Å²) < 4.78 is 1.27. The molecule has 2 N–H and O–H groups in total. The normalized spacial score (nSPS) is 12.1. The Kier molecular flexibility index (Phi) is 5.31. The van der Waals surface area contributed by atoms with E-state index in [-0.39, 0.29) is 11.6 Å². The Morgan fingerprint density at radius 1 is 0.971 bits per heavy atom. The number of hydrogen-bond acceptors (Lipinski definition) is 6. The average molecular weight is 476 g/mol. The lowest BCUT2D eigenvalue weighted by molar-refractivity contribution is 0.914. The van der Waals surface area contributed by atoms with Crippen LogP contribution < -0.4 is 10.9 Å². The summed E-state index contributed by atoms with van der Waals surface area (Å²) in [6, 6.07) is 17.8. The van der Waals surface area contributed by atoms with Crippen molar-refractivity contribution < 1.29 is 0 Å². The zero-order chi connectivity index (χ0) is 23.8. The van der Waals surface area contributed by atoms with E-state index in [2.05, 4.69) is 61.8 Å². The number of nitrogens with one attached hydrogen (secondary N) is 2. The fraction of sp³-hybridized carbons (Fsp3) is 0.0714. The number of benzene rings is 2. The van der Waals surface area contributed by atoms with E-state index >= 15 is 0 Å². The van der Waals surface area contributed by atoms with Crippen LogP contribution in [-0.2, 0) is 0 Å². The van der Waals surface area contributed by atoms with Crippen LogP contribution in [0.25, 0.3) is 32.2 Å². The number of aromatic amines is 1. The second-order valence-electron chi connectivity index (χ2n) is 8.43. The summed E-state index contributed by atoms with van der Waals surface area (Å²) >= 11 is 1.76. The van der Waals surface area contributed by atoms with Crippen molar-refractivity contribution in [3.63, 3.8) is 0 Å². The molecule has 4 heterocycles. The summed E-state index contributed by atoms with van der Waals surface area (Å²) in [5.74, 6) is 0. The zero-order valence-corrected chi connectivity index (χ0v) is 19.7. The first-order chi connectivity index (χ1) is 17.2. The number of thiophene rings is 1. The third kappa shape index (κ3) is 4.06. The fourth-order valence-electron chi connectivity index (χ4n) is 4.38. The van der Waals surface area contributed by atoms with E-state index in [4.69, 9.17) is 0 Å². The molecule has 2 aromatic carbocycles. The molecule has 0 aliphatic heterocycles. The summed E-state index contributed by atoms with van der Waals surface area (Å²) in [6.07, 6.45) is 8.76. The van der Waals surface area contributed by atoms with Gasteiger partial charge in [0.05, 0.1) is 17.1 Å². The van der Waals surface area contributed by atoms with Gasteiger partial charge in [-0.25, -0.2) is 0 Å². The number of rotatable bonds is 5. The van der Waals surface area contributed by atoms with Crippen molar-refractivity contribution in [2.45, 2.75) is 13.0 Å². The van der Waals surface area contributed by atoms with Crippen molar-refractivity contribution in [2.75, 3.05) is 5.32 Å². The molecule has 4 aromatic heterocycles. The molecule has 170 valence electrons. The zero-order valence-electron chi connectivity index (χ0n) is 18.9. The van der Waals surface area contributed by atoms with Gasteiger partial charge in [0.25, 0.3) is 0 Å². The van der Waals surface area contributed by atoms with Gasteiger partial charge in [0.2, 0.25) is 5.56 Å². The Bertz CT molecular complexity index is 1700. The highest BCUT2D eigenvalue weighted by molar-refractivity contribution is 7.17.